The number of aliphatic hydroxyl groups is 7. The smallest absolute Gasteiger partial charge is 0.481 e. The summed E-state index contributed by atoms with van der Waals surface area (Å²) in [5.41, 5.74) is 3.26. The number of halogens is 8. The van der Waals surface area contributed by atoms with Crippen LogP contribution in [-0.4, -0.2) is 196 Å². The van der Waals surface area contributed by atoms with Crippen molar-refractivity contribution in [3.05, 3.63) is 191 Å². The van der Waals surface area contributed by atoms with Crippen LogP contribution in [0.2, 0.25) is 0 Å². The number of esters is 3. The molecule has 6 aromatic carbocycles. The van der Waals surface area contributed by atoms with Crippen molar-refractivity contribution in [1.29, 1.82) is 0 Å². The van der Waals surface area contributed by atoms with Crippen molar-refractivity contribution in [2.45, 2.75) is 213 Å². The summed E-state index contributed by atoms with van der Waals surface area (Å²) in [6, 6.07) is 32.4. The van der Waals surface area contributed by atoms with E-state index in [1.54, 1.807) is 69.3 Å². The maximum atomic E-state index is 15.0. The average molecular weight is 1620 g/mol. The Kier molecular flexibility index (Phi) is 26.3. The van der Waals surface area contributed by atoms with E-state index in [-0.39, 0.29) is 79.5 Å². The summed E-state index contributed by atoms with van der Waals surface area (Å²) in [6.45, 7) is -0.206. The molecular weight excluding hydrogens is 1540 g/mol. The van der Waals surface area contributed by atoms with Crippen molar-refractivity contribution < 1.29 is 147 Å². The topological polar surface area (TPSA) is 376 Å². The molecule has 4 aliphatic heterocycles. The van der Waals surface area contributed by atoms with Gasteiger partial charge in [-0.05, 0) is 147 Å². The number of carbonyl (C=O) groups is 8. The van der Waals surface area contributed by atoms with Crippen LogP contribution < -0.4 is 19.3 Å². The van der Waals surface area contributed by atoms with Crippen LogP contribution in [0.3, 0.4) is 0 Å². The van der Waals surface area contributed by atoms with Crippen molar-refractivity contribution in [3.8, 4) is 11.5 Å². The average Bonchev–Trinajstić information content (AvgIpc) is 1.69. The molecule has 2 saturated heterocycles. The quantitative estimate of drug-likeness (QED) is 0.0190. The Bertz CT molecular complexity index is 4470. The van der Waals surface area contributed by atoms with E-state index in [2.05, 4.69) is 9.47 Å². The van der Waals surface area contributed by atoms with E-state index in [1.165, 1.54) is 65.6 Å². The first-order valence-electron chi connectivity index (χ1n) is 37.2. The molecule has 6 aromatic rings. The maximum absolute atomic E-state index is 15.0. The molecule has 4 aliphatic carbocycles. The summed E-state index contributed by atoms with van der Waals surface area (Å²) < 4.78 is 139. The summed E-state index contributed by atoms with van der Waals surface area (Å²) in [6.07, 6.45) is -22.2. The monoisotopic (exact) mass is 1620 g/mol. The minimum absolute atomic E-state index is 0.0268. The minimum atomic E-state index is -4.91. The zero-order valence-electron chi connectivity index (χ0n) is 61.1. The summed E-state index contributed by atoms with van der Waals surface area (Å²) in [4.78, 5) is 110. The van der Waals surface area contributed by atoms with Gasteiger partial charge in [-0.15, -0.1) is 26.3 Å². The van der Waals surface area contributed by atoms with Gasteiger partial charge in [-0.25, -0.2) is 18.4 Å². The van der Waals surface area contributed by atoms with Gasteiger partial charge in [0.15, 0.2) is 18.5 Å². The standard InChI is InChI=1S/C40H40F4N2O11.C27H26F4N2O5.C13H16O7/c41-23-11-16-29-27(19-23)32(26-7-4-8-28(26)46(29)37(52)22-9-14-25(15-10-22)57-40(42,43)44)45(24-12-13-24)30(47)17-18-31(48)55-39-35(51)33(49)34(50)36(56-39)38(53)54-20-21-5-2-1-3-6-21;28-16-6-11-22-20(14-16)25(32(17-7-8-17)23(34)12-13-24(35)36)19-2-1-3-21(19)33(22)26(37)15-4-9-18(10-5-15)38-27(29,30)31;14-8-9(15)11(20-12(17)10(8)16)13(18)19-6-7-4-2-1-3-5-7/h1-3,5-6,9-11,14-16,19,24,26,28,32-36,39,49-51H,4,7-8,12-13,17-18,20H2;4-6,9-11,14,17,19,21,25H,1-3,7-8,12-13H2,(H,35,36);1-5,8-12,14-17H,6H2/t26-,28+,32-,33?,34?,35?,36?,39?;19-,21+,25-;/m11./s1. The Morgan fingerprint density at radius 2 is 0.852 bits per heavy atom. The molecule has 0 radical (unpaired) electrons. The van der Waals surface area contributed by atoms with Crippen LogP contribution in [-0.2, 0) is 65.7 Å². The molecule has 8 aliphatic rings. The number of aliphatic hydroxyl groups excluding tert-OH is 7. The lowest BCUT2D eigenvalue weighted by atomic mass is 9.81. The fraction of sp³-hybridized carbons (Fsp3) is 0.450. The Morgan fingerprint density at radius 3 is 1.25 bits per heavy atom. The van der Waals surface area contributed by atoms with Gasteiger partial charge in [-0.2, -0.15) is 0 Å². The van der Waals surface area contributed by atoms with E-state index >= 15 is 4.39 Å². The molecule has 4 amide bonds. The molecule has 4 saturated carbocycles. The summed E-state index contributed by atoms with van der Waals surface area (Å²) >= 11 is 0. The number of fused-ring (bicyclic) bond motifs is 4. The molecule has 27 nitrogen and oxygen atoms in total. The highest BCUT2D eigenvalue weighted by molar-refractivity contribution is 6.08. The number of benzene rings is 6. The van der Waals surface area contributed by atoms with Crippen molar-refractivity contribution in [1.82, 2.24) is 9.80 Å². The van der Waals surface area contributed by atoms with Crippen LogP contribution >= 0.6 is 0 Å². The highest BCUT2D eigenvalue weighted by Gasteiger charge is 2.55. The molecule has 616 valence electrons. The molecule has 4 heterocycles. The minimum Gasteiger partial charge on any atom is -0.481 e. The highest BCUT2D eigenvalue weighted by atomic mass is 19.4. The summed E-state index contributed by atoms with van der Waals surface area (Å²) in [5.74, 6) is -8.43. The second-order valence-corrected chi connectivity index (χ2v) is 29.1. The third-order valence-electron chi connectivity index (χ3n) is 21.2. The molecule has 6 fully saturated rings. The first-order chi connectivity index (χ1) is 54.7. The lowest BCUT2D eigenvalue weighted by Crippen LogP contribution is -2.60. The van der Waals surface area contributed by atoms with Crippen molar-refractivity contribution in [2.75, 3.05) is 9.80 Å². The fourth-order valence-electron chi connectivity index (χ4n) is 15.8. The second-order valence-electron chi connectivity index (χ2n) is 29.1. The number of ether oxygens (including phenoxy) is 7. The van der Waals surface area contributed by atoms with Crippen LogP contribution in [0.5, 0.6) is 11.5 Å². The Hall–Kier alpha value is -10.2. The predicted molar refractivity (Wildman–Crippen MR) is 380 cm³/mol. The Labute approximate surface area is 651 Å². The lowest BCUT2D eigenvalue weighted by molar-refractivity contribution is -0.287. The second kappa shape index (κ2) is 35.9. The number of aliphatic carboxylic acids is 1. The number of nitrogens with zero attached hydrogens (tertiary/aromatic N) is 4. The number of rotatable bonds is 21. The van der Waals surface area contributed by atoms with Gasteiger partial charge in [0.25, 0.3) is 11.8 Å². The number of carbonyl (C=O) groups excluding carboxylic acids is 7. The van der Waals surface area contributed by atoms with Crippen molar-refractivity contribution >= 4 is 58.9 Å². The summed E-state index contributed by atoms with van der Waals surface area (Å²) in [7, 11) is 0. The number of carboxylic acid groups (broad SMARTS) is 1. The van der Waals surface area contributed by atoms with E-state index < -0.39 is 163 Å². The summed E-state index contributed by atoms with van der Waals surface area (Å²) in [5, 5.41) is 78.2. The van der Waals surface area contributed by atoms with Gasteiger partial charge >= 0.3 is 36.6 Å². The number of hydrogen-bond donors (Lipinski definition) is 8. The van der Waals surface area contributed by atoms with Crippen LogP contribution in [0.1, 0.15) is 145 Å². The van der Waals surface area contributed by atoms with E-state index in [1.807, 2.05) is 6.07 Å². The molecule has 35 heteroatoms. The number of carboxylic acids is 1. The number of anilines is 2. The first kappa shape index (κ1) is 84.2. The molecule has 16 atom stereocenters. The predicted octanol–water partition coefficient (Wildman–Crippen LogP) is 8.44. The zero-order chi connectivity index (χ0) is 82.5. The first-order valence-corrected chi connectivity index (χ1v) is 37.2. The third-order valence-corrected chi connectivity index (χ3v) is 21.2. The van der Waals surface area contributed by atoms with Crippen LogP contribution in [0.15, 0.2) is 146 Å². The lowest BCUT2D eigenvalue weighted by Gasteiger charge is -2.48. The normalized spacial score (nSPS) is 26.6. The highest BCUT2D eigenvalue weighted by Crippen LogP contribution is 2.55. The van der Waals surface area contributed by atoms with Crippen LogP contribution in [0.4, 0.5) is 46.5 Å². The molecule has 0 spiro atoms. The number of alkyl halides is 6. The molecule has 14 rings (SSSR count). The number of amides is 4. The molecule has 0 aromatic heterocycles. The Morgan fingerprint density at radius 1 is 0.452 bits per heavy atom. The van der Waals surface area contributed by atoms with E-state index in [9.17, 15) is 105 Å². The van der Waals surface area contributed by atoms with Gasteiger partial charge < -0.3 is 93.6 Å². The van der Waals surface area contributed by atoms with Gasteiger partial charge in [-0.3, -0.25) is 28.8 Å². The van der Waals surface area contributed by atoms with Gasteiger partial charge in [0, 0.05) is 82.5 Å². The SMILES string of the molecule is O=C(CCC(=O)N(C1CC1)[C@H]1c2cc(F)ccc2N(C(=O)c2ccc(OC(F)(F)F)cc2)[C@H]2CCC[C@H]21)OC1OC(C(=O)OCc2ccccc2)C(O)C(O)C1O.O=C(O)CCC(=O)N(C1CC1)[C@H]1c2cc(F)ccc2N(C(=O)c2ccc(OC(F)(F)F)cc2)[C@H]2CCC[C@H]21.O=C(OCc1ccccc1)C1OC(O)C(O)C(O)C1O. The van der Waals surface area contributed by atoms with Gasteiger partial charge in [0.2, 0.25) is 18.1 Å². The van der Waals surface area contributed by atoms with E-state index in [0.717, 1.165) is 49.1 Å². The zero-order valence-corrected chi connectivity index (χ0v) is 61.1. The van der Waals surface area contributed by atoms with Crippen LogP contribution in [0.25, 0.3) is 0 Å². The molecule has 8 N–H and O–H groups in total. The third kappa shape index (κ3) is 20.0. The van der Waals surface area contributed by atoms with Crippen molar-refractivity contribution in [2.24, 2.45) is 11.8 Å². The molecular formula is C80H82F8N4O23. The Balaban J connectivity index is 0.000000180. The number of hydrogen-bond acceptors (Lipinski definition) is 22. The molecule has 0 bridgehead atoms. The fourth-order valence-corrected chi connectivity index (χ4v) is 15.8. The maximum Gasteiger partial charge on any atom is 0.573 e. The van der Waals surface area contributed by atoms with Gasteiger partial charge in [0.1, 0.15) is 73.0 Å². The van der Waals surface area contributed by atoms with Gasteiger partial charge in [-0.1, -0.05) is 73.5 Å². The van der Waals surface area contributed by atoms with Gasteiger partial charge in [0.05, 0.1) is 24.9 Å². The van der Waals surface area contributed by atoms with E-state index in [0.29, 0.717) is 73.0 Å². The largest absolute Gasteiger partial charge is 0.573 e. The molecule has 115 heavy (non-hydrogen) atoms. The van der Waals surface area contributed by atoms with Crippen molar-refractivity contribution in [3.63, 3.8) is 0 Å². The molecule has 10 unspecified atom stereocenters. The van der Waals surface area contributed by atoms with E-state index in [4.69, 9.17) is 28.8 Å². The van der Waals surface area contributed by atoms with Crippen LogP contribution in [0, 0.1) is 23.5 Å².